The number of rotatable bonds is 72. The lowest BCUT2D eigenvalue weighted by atomic mass is 9.96. The van der Waals surface area contributed by atoms with Crippen molar-refractivity contribution < 1.29 is 89.4 Å². The van der Waals surface area contributed by atoms with Crippen molar-refractivity contribution in [1.82, 2.24) is 5.32 Å². The number of ether oxygens (including phenoxy) is 6. The van der Waals surface area contributed by atoms with Crippen molar-refractivity contribution >= 4 is 5.91 Å². The molecule has 0 spiro atoms. The Morgan fingerprint density at radius 3 is 0.947 bits per heavy atom. The van der Waals surface area contributed by atoms with Gasteiger partial charge in [0.2, 0.25) is 5.91 Å². The molecule has 3 aliphatic heterocycles. The minimum absolute atomic E-state index is 0.236. The van der Waals surface area contributed by atoms with Gasteiger partial charge < -0.3 is 89.9 Å². The monoisotopic (exact) mass is 1610 g/mol. The summed E-state index contributed by atoms with van der Waals surface area (Å²) in [5.41, 5.74) is 0. The molecule has 3 saturated heterocycles. The summed E-state index contributed by atoms with van der Waals surface area (Å²) in [6, 6.07) is -0.910. The van der Waals surface area contributed by atoms with E-state index in [1.54, 1.807) is 0 Å². The second-order valence-electron chi connectivity index (χ2n) is 31.7. The Hall–Kier alpha value is -4.07. The Morgan fingerprint density at radius 2 is 0.605 bits per heavy atom. The second kappa shape index (κ2) is 72.9. The third-order valence-electron chi connectivity index (χ3n) is 21.7. The topological polar surface area (TPSA) is 307 Å². The van der Waals surface area contributed by atoms with Crippen LogP contribution in [0.15, 0.2) is 134 Å². The first-order chi connectivity index (χ1) is 55.8. The van der Waals surface area contributed by atoms with Crippen molar-refractivity contribution in [3.05, 3.63) is 134 Å². The Labute approximate surface area is 690 Å². The maximum Gasteiger partial charge on any atom is 0.220 e. The highest BCUT2D eigenvalue weighted by molar-refractivity contribution is 5.76. The van der Waals surface area contributed by atoms with Crippen LogP contribution >= 0.6 is 0 Å². The minimum atomic E-state index is -1.98. The van der Waals surface area contributed by atoms with E-state index in [9.17, 15) is 61.0 Å². The van der Waals surface area contributed by atoms with Gasteiger partial charge in [0.1, 0.15) is 73.2 Å². The molecule has 3 aliphatic rings. The summed E-state index contributed by atoms with van der Waals surface area (Å²) in [5, 5.41) is 121. The van der Waals surface area contributed by atoms with Crippen LogP contribution in [0.2, 0.25) is 0 Å². The number of amides is 1. The Morgan fingerprint density at radius 1 is 0.325 bits per heavy atom. The molecule has 114 heavy (non-hydrogen) atoms. The van der Waals surface area contributed by atoms with Gasteiger partial charge in [0.15, 0.2) is 18.9 Å². The SMILES string of the molecule is CC/C=C\C/C=C\C/C=C\C/C=C\C/C=C\C/C=C\C/C=C\C/C=C\C/C=C\C/C=C\C/C=C\CCCCCCCC(=O)NC(COC1OC(CO)C(OC2OC(CO)C(OC3OC(CO)C(O)C(O)C3O)C(O)C2O)C(O)C1O)C(O)CCCCCCCCCCCCCCCCCCCCCCCCCCCCCCCC. The van der Waals surface area contributed by atoms with Gasteiger partial charge >= 0.3 is 0 Å². The van der Waals surface area contributed by atoms with Crippen LogP contribution < -0.4 is 5.32 Å². The molecular formula is C95H163NO18. The number of carbonyl (C=O) groups excluding carboxylic acids is 1. The Balaban J connectivity index is 1.34. The largest absolute Gasteiger partial charge is 0.394 e. The van der Waals surface area contributed by atoms with Crippen molar-refractivity contribution in [3.8, 4) is 0 Å². The normalized spacial score (nSPS) is 25.4. The van der Waals surface area contributed by atoms with Gasteiger partial charge in [0, 0.05) is 6.42 Å². The van der Waals surface area contributed by atoms with Gasteiger partial charge in [-0.15, -0.1) is 0 Å². The lowest BCUT2D eigenvalue weighted by Crippen LogP contribution is -2.66. The Kier molecular flexibility index (Phi) is 66.6. The van der Waals surface area contributed by atoms with Gasteiger partial charge in [0.05, 0.1) is 38.6 Å². The maximum absolute atomic E-state index is 13.5. The molecular weight excluding hydrogens is 1440 g/mol. The minimum Gasteiger partial charge on any atom is -0.394 e. The molecule has 656 valence electrons. The van der Waals surface area contributed by atoms with E-state index in [0.29, 0.717) is 12.8 Å². The molecule has 0 aromatic rings. The number of hydrogen-bond acceptors (Lipinski definition) is 18. The fourth-order valence-corrected chi connectivity index (χ4v) is 14.6. The predicted octanol–water partition coefficient (Wildman–Crippen LogP) is 17.6. The van der Waals surface area contributed by atoms with E-state index < -0.39 is 124 Å². The van der Waals surface area contributed by atoms with Crippen LogP contribution in [0, 0.1) is 0 Å². The summed E-state index contributed by atoms with van der Waals surface area (Å²) in [7, 11) is 0. The standard InChI is InChI=1S/C95H163NO18/c1-3-5-7-9-11-13-15-17-19-21-23-25-27-29-31-33-35-36-37-38-39-40-41-42-43-45-47-49-51-53-55-57-59-61-63-65-67-69-71-73-83(101)96-78(79(100)72-70-68-66-64-62-60-58-56-54-52-50-48-46-44-34-32-30-28-26-24-22-20-18-16-14-12-10-8-6-4-2)77-109-93-89(107)86(104)91(81(75-98)111-93)114-95-90(108)87(105)92(82(76-99)112-95)113-94-88(106)85(103)84(102)80(74-97)110-94/h5,7,11,13,17,19,23,25,29,31,35-36,38-39,41-42,45,47,51,53,57,59,78-82,84-95,97-100,102-108H,3-4,6,8-10,12,14-16,18,20-22,24,26-28,30,32-34,37,40,43-44,46,48-50,52,54-56,58,60-77H2,1-2H3,(H,96,101)/b7-5-,13-11-,19-17-,25-23-,31-29-,36-35-,39-38-,42-41-,47-45-,53-51-,59-57-. The average molecular weight is 1610 g/mol. The van der Waals surface area contributed by atoms with Gasteiger partial charge in [-0.1, -0.05) is 359 Å². The molecule has 0 aromatic heterocycles. The van der Waals surface area contributed by atoms with E-state index in [-0.39, 0.29) is 18.9 Å². The smallest absolute Gasteiger partial charge is 0.220 e. The number of allylic oxidation sites excluding steroid dienone is 22. The zero-order valence-electron chi connectivity index (χ0n) is 70.8. The summed E-state index contributed by atoms with van der Waals surface area (Å²) >= 11 is 0. The van der Waals surface area contributed by atoms with Crippen molar-refractivity contribution in [3.63, 3.8) is 0 Å². The summed E-state index contributed by atoms with van der Waals surface area (Å²) in [6.45, 7) is 1.70. The van der Waals surface area contributed by atoms with E-state index >= 15 is 0 Å². The van der Waals surface area contributed by atoms with E-state index in [2.05, 4.69) is 153 Å². The first-order valence-corrected chi connectivity index (χ1v) is 45.4. The summed E-state index contributed by atoms with van der Waals surface area (Å²) < 4.78 is 34.6. The molecule has 0 aliphatic carbocycles. The summed E-state index contributed by atoms with van der Waals surface area (Å²) in [4.78, 5) is 13.5. The van der Waals surface area contributed by atoms with Crippen molar-refractivity contribution in [2.75, 3.05) is 26.4 Å². The van der Waals surface area contributed by atoms with Crippen LogP contribution in [-0.4, -0.2) is 193 Å². The van der Waals surface area contributed by atoms with E-state index in [0.717, 1.165) is 128 Å². The molecule has 0 radical (unpaired) electrons. The van der Waals surface area contributed by atoms with E-state index in [1.165, 1.54) is 167 Å². The van der Waals surface area contributed by atoms with Gasteiger partial charge in [-0.3, -0.25) is 4.79 Å². The quantitative estimate of drug-likeness (QED) is 0.0199. The molecule has 3 fully saturated rings. The third kappa shape index (κ3) is 50.8. The highest BCUT2D eigenvalue weighted by Crippen LogP contribution is 2.33. The Bertz CT molecular complexity index is 2580. The highest BCUT2D eigenvalue weighted by Gasteiger charge is 2.54. The molecule has 19 heteroatoms. The number of unbranched alkanes of at least 4 members (excludes halogenated alkanes) is 34. The third-order valence-corrected chi connectivity index (χ3v) is 21.7. The van der Waals surface area contributed by atoms with Crippen molar-refractivity contribution in [1.29, 1.82) is 0 Å². The van der Waals surface area contributed by atoms with Crippen LogP contribution in [-0.2, 0) is 33.2 Å². The lowest BCUT2D eigenvalue weighted by Gasteiger charge is -2.48. The first-order valence-electron chi connectivity index (χ1n) is 45.4. The molecule has 12 N–H and O–H groups in total. The van der Waals surface area contributed by atoms with Gasteiger partial charge in [-0.05, 0) is 96.3 Å². The van der Waals surface area contributed by atoms with Gasteiger partial charge in [0.25, 0.3) is 0 Å². The number of hydrogen-bond donors (Lipinski definition) is 12. The molecule has 17 atom stereocenters. The summed E-state index contributed by atoms with van der Waals surface area (Å²) in [6.07, 6.45) is 78.3. The number of carbonyl (C=O) groups is 1. The molecule has 3 rings (SSSR count). The van der Waals surface area contributed by atoms with Crippen molar-refractivity contribution in [2.45, 2.75) is 433 Å². The van der Waals surface area contributed by atoms with Crippen LogP contribution in [0.5, 0.6) is 0 Å². The highest BCUT2D eigenvalue weighted by atomic mass is 16.8. The van der Waals surface area contributed by atoms with Crippen LogP contribution in [0.25, 0.3) is 0 Å². The van der Waals surface area contributed by atoms with Gasteiger partial charge in [-0.2, -0.15) is 0 Å². The predicted molar refractivity (Wildman–Crippen MR) is 461 cm³/mol. The van der Waals surface area contributed by atoms with E-state index in [1.807, 2.05) is 0 Å². The zero-order chi connectivity index (χ0) is 82.4. The molecule has 0 saturated carbocycles. The van der Waals surface area contributed by atoms with Crippen LogP contribution in [0.1, 0.15) is 328 Å². The number of aliphatic hydroxyl groups is 11. The van der Waals surface area contributed by atoms with E-state index in [4.69, 9.17) is 28.4 Å². The van der Waals surface area contributed by atoms with Gasteiger partial charge in [-0.25, -0.2) is 0 Å². The molecule has 0 bridgehead atoms. The number of nitrogens with one attached hydrogen (secondary N) is 1. The lowest BCUT2D eigenvalue weighted by molar-refractivity contribution is -0.379. The fourth-order valence-electron chi connectivity index (χ4n) is 14.6. The van der Waals surface area contributed by atoms with Crippen LogP contribution in [0.3, 0.4) is 0 Å². The second-order valence-corrected chi connectivity index (χ2v) is 31.7. The zero-order valence-corrected chi connectivity index (χ0v) is 70.8. The van der Waals surface area contributed by atoms with Crippen LogP contribution in [0.4, 0.5) is 0 Å². The number of aliphatic hydroxyl groups excluding tert-OH is 11. The summed E-state index contributed by atoms with van der Waals surface area (Å²) in [5.74, 6) is -0.263. The maximum atomic E-state index is 13.5. The molecule has 0 aromatic carbocycles. The molecule has 3 heterocycles. The average Bonchev–Trinajstić information content (AvgIpc) is 0.783. The molecule has 19 nitrogen and oxygen atoms in total. The first kappa shape index (κ1) is 104. The van der Waals surface area contributed by atoms with Crippen molar-refractivity contribution in [2.24, 2.45) is 0 Å². The molecule has 1 amide bonds. The molecule has 17 unspecified atom stereocenters. The fraction of sp³-hybridized carbons (Fsp3) is 0.758.